The Morgan fingerprint density at radius 1 is 1.19 bits per heavy atom. The molecule has 0 amide bonds. The van der Waals surface area contributed by atoms with Crippen molar-refractivity contribution >= 4 is 5.97 Å². The van der Waals surface area contributed by atoms with Crippen LogP contribution in [0, 0.1) is 0 Å². The van der Waals surface area contributed by atoms with Crippen LogP contribution in [0.4, 0.5) is 13.2 Å². The number of aromatic nitrogens is 1. The highest BCUT2D eigenvalue weighted by Gasteiger charge is 2.32. The summed E-state index contributed by atoms with van der Waals surface area (Å²) < 4.78 is 36.9. The quantitative estimate of drug-likeness (QED) is 0.912. The fraction of sp³-hybridized carbons (Fsp3) is 0.538. The van der Waals surface area contributed by atoms with E-state index in [2.05, 4.69) is 4.98 Å². The molecule has 21 heavy (non-hydrogen) atoms. The predicted octanol–water partition coefficient (Wildman–Crippen LogP) is 1.46. The van der Waals surface area contributed by atoms with Gasteiger partial charge in [-0.2, -0.15) is 13.2 Å². The first kappa shape index (κ1) is 15.7. The fourth-order valence-corrected chi connectivity index (χ4v) is 2.27. The van der Waals surface area contributed by atoms with Gasteiger partial charge < -0.3 is 5.11 Å². The van der Waals surface area contributed by atoms with E-state index >= 15 is 0 Å². The van der Waals surface area contributed by atoms with Gasteiger partial charge in [0, 0.05) is 32.7 Å². The average Bonchev–Trinajstić information content (AvgIpc) is 2.40. The Bertz CT molecular complexity index is 500. The number of aromatic carboxylic acids is 1. The molecule has 5 nitrogen and oxygen atoms in total. The number of carbonyl (C=O) groups is 1. The Morgan fingerprint density at radius 3 is 2.38 bits per heavy atom. The van der Waals surface area contributed by atoms with Crippen LogP contribution in [-0.2, 0) is 6.54 Å². The molecule has 0 aromatic carbocycles. The number of hydrogen-bond donors (Lipinski definition) is 1. The lowest BCUT2D eigenvalue weighted by Crippen LogP contribution is -2.48. The maximum atomic E-state index is 12.3. The second-order valence-electron chi connectivity index (χ2n) is 4.99. The van der Waals surface area contributed by atoms with Gasteiger partial charge in [0.05, 0.1) is 12.2 Å². The third kappa shape index (κ3) is 4.98. The molecule has 1 aromatic rings. The van der Waals surface area contributed by atoms with Gasteiger partial charge in [0.2, 0.25) is 0 Å². The smallest absolute Gasteiger partial charge is 0.401 e. The fourth-order valence-electron chi connectivity index (χ4n) is 2.27. The van der Waals surface area contributed by atoms with Crippen LogP contribution in [-0.4, -0.2) is 64.8 Å². The van der Waals surface area contributed by atoms with Crippen LogP contribution in [0.5, 0.6) is 0 Å². The highest BCUT2D eigenvalue weighted by atomic mass is 19.4. The average molecular weight is 303 g/mol. The molecule has 0 saturated carbocycles. The van der Waals surface area contributed by atoms with Crippen LogP contribution in [0.1, 0.15) is 16.2 Å². The Morgan fingerprint density at radius 2 is 1.81 bits per heavy atom. The molecule has 2 heterocycles. The number of pyridine rings is 1. The van der Waals surface area contributed by atoms with Gasteiger partial charge >= 0.3 is 12.1 Å². The van der Waals surface area contributed by atoms with Crippen molar-refractivity contribution in [3.8, 4) is 0 Å². The normalized spacial score (nSPS) is 17.9. The summed E-state index contributed by atoms with van der Waals surface area (Å²) in [5, 5.41) is 8.87. The van der Waals surface area contributed by atoms with Crippen LogP contribution >= 0.6 is 0 Å². The van der Waals surface area contributed by atoms with Gasteiger partial charge in [0.1, 0.15) is 5.69 Å². The van der Waals surface area contributed by atoms with E-state index in [1.807, 2.05) is 4.90 Å². The molecule has 1 aromatic heterocycles. The van der Waals surface area contributed by atoms with Crippen molar-refractivity contribution in [2.24, 2.45) is 0 Å². The summed E-state index contributed by atoms with van der Waals surface area (Å²) in [4.78, 5) is 18.2. The number of carboxylic acids is 1. The lowest BCUT2D eigenvalue weighted by Gasteiger charge is -2.34. The minimum Gasteiger partial charge on any atom is -0.477 e. The van der Waals surface area contributed by atoms with Crippen molar-refractivity contribution in [2.75, 3.05) is 32.7 Å². The highest BCUT2D eigenvalue weighted by molar-refractivity contribution is 5.85. The zero-order valence-electron chi connectivity index (χ0n) is 11.3. The zero-order chi connectivity index (χ0) is 15.5. The summed E-state index contributed by atoms with van der Waals surface area (Å²) in [7, 11) is 0. The number of carboxylic acid groups (broad SMARTS) is 1. The number of hydrogen-bond acceptors (Lipinski definition) is 4. The third-order valence-corrected chi connectivity index (χ3v) is 3.28. The lowest BCUT2D eigenvalue weighted by molar-refractivity contribution is -0.149. The molecular weight excluding hydrogens is 287 g/mol. The second-order valence-corrected chi connectivity index (χ2v) is 4.99. The van der Waals surface area contributed by atoms with Crippen LogP contribution < -0.4 is 0 Å². The molecular formula is C13H16F3N3O2. The first-order chi connectivity index (χ1) is 9.83. The molecule has 1 aliphatic rings. The number of nitrogens with zero attached hydrogens (tertiary/aromatic N) is 3. The molecule has 2 rings (SSSR count). The largest absolute Gasteiger partial charge is 0.477 e. The zero-order valence-corrected chi connectivity index (χ0v) is 11.3. The van der Waals surface area contributed by atoms with Crippen LogP contribution in [0.25, 0.3) is 0 Å². The molecule has 0 aliphatic carbocycles. The molecule has 1 aliphatic heterocycles. The van der Waals surface area contributed by atoms with Crippen molar-refractivity contribution in [1.82, 2.24) is 14.8 Å². The minimum atomic E-state index is -4.17. The standard InChI is InChI=1S/C13H16F3N3O2/c14-13(15,16)9-19-6-4-18(5-7-19)8-10-2-1-3-11(17-10)12(20)21/h1-3H,4-9H2,(H,20,21). The van der Waals surface area contributed by atoms with E-state index in [4.69, 9.17) is 5.11 Å². The van der Waals surface area contributed by atoms with Crippen molar-refractivity contribution in [2.45, 2.75) is 12.7 Å². The molecule has 1 N–H and O–H groups in total. The van der Waals surface area contributed by atoms with E-state index in [1.165, 1.54) is 11.0 Å². The predicted molar refractivity (Wildman–Crippen MR) is 69.0 cm³/mol. The van der Waals surface area contributed by atoms with Gasteiger partial charge in [-0.1, -0.05) is 6.07 Å². The van der Waals surface area contributed by atoms with Gasteiger partial charge in [-0.05, 0) is 12.1 Å². The van der Waals surface area contributed by atoms with Crippen LogP contribution in [0.3, 0.4) is 0 Å². The first-order valence-corrected chi connectivity index (χ1v) is 6.54. The molecule has 116 valence electrons. The maximum Gasteiger partial charge on any atom is 0.401 e. The number of rotatable bonds is 4. The SMILES string of the molecule is O=C(O)c1cccc(CN2CCN(CC(F)(F)F)CC2)n1. The van der Waals surface area contributed by atoms with Crippen molar-refractivity contribution in [3.63, 3.8) is 0 Å². The van der Waals surface area contributed by atoms with Gasteiger partial charge in [-0.15, -0.1) is 0 Å². The Kier molecular flexibility index (Phi) is 4.79. The molecule has 0 atom stereocenters. The monoisotopic (exact) mass is 303 g/mol. The summed E-state index contributed by atoms with van der Waals surface area (Å²) in [5.41, 5.74) is 0.586. The molecule has 0 unspecified atom stereocenters. The molecule has 0 spiro atoms. The van der Waals surface area contributed by atoms with Crippen molar-refractivity contribution < 1.29 is 23.1 Å². The van der Waals surface area contributed by atoms with E-state index in [0.29, 0.717) is 38.4 Å². The Hall–Kier alpha value is -1.67. The summed E-state index contributed by atoms with van der Waals surface area (Å²) >= 11 is 0. The molecule has 0 bridgehead atoms. The highest BCUT2D eigenvalue weighted by Crippen LogP contribution is 2.18. The van der Waals surface area contributed by atoms with Crippen LogP contribution in [0.15, 0.2) is 18.2 Å². The van der Waals surface area contributed by atoms with E-state index in [9.17, 15) is 18.0 Å². The number of piperazine rings is 1. The van der Waals surface area contributed by atoms with Crippen molar-refractivity contribution in [3.05, 3.63) is 29.6 Å². The van der Waals surface area contributed by atoms with Crippen LogP contribution in [0.2, 0.25) is 0 Å². The minimum absolute atomic E-state index is 0.0248. The topological polar surface area (TPSA) is 56.7 Å². The molecule has 8 heteroatoms. The summed E-state index contributed by atoms with van der Waals surface area (Å²) in [5.74, 6) is -1.09. The van der Waals surface area contributed by atoms with Gasteiger partial charge in [-0.25, -0.2) is 9.78 Å². The van der Waals surface area contributed by atoms with Gasteiger partial charge in [0.25, 0.3) is 0 Å². The third-order valence-electron chi connectivity index (χ3n) is 3.28. The molecule has 1 fully saturated rings. The Balaban J connectivity index is 1.86. The van der Waals surface area contributed by atoms with E-state index in [-0.39, 0.29) is 5.69 Å². The first-order valence-electron chi connectivity index (χ1n) is 6.54. The summed E-state index contributed by atoms with van der Waals surface area (Å²) in [6, 6.07) is 4.74. The number of halogens is 3. The summed E-state index contributed by atoms with van der Waals surface area (Å²) in [6.07, 6.45) is -4.17. The molecule has 1 saturated heterocycles. The van der Waals surface area contributed by atoms with Crippen molar-refractivity contribution in [1.29, 1.82) is 0 Å². The lowest BCUT2D eigenvalue weighted by atomic mass is 10.2. The number of alkyl halides is 3. The van der Waals surface area contributed by atoms with Gasteiger partial charge in [0.15, 0.2) is 0 Å². The van der Waals surface area contributed by atoms with E-state index in [1.54, 1.807) is 12.1 Å². The van der Waals surface area contributed by atoms with Gasteiger partial charge in [-0.3, -0.25) is 9.80 Å². The van der Waals surface area contributed by atoms with E-state index < -0.39 is 18.7 Å². The summed E-state index contributed by atoms with van der Waals surface area (Å²) in [6.45, 7) is 1.27. The molecule has 0 radical (unpaired) electrons. The maximum absolute atomic E-state index is 12.3. The Labute approximate surface area is 120 Å². The van der Waals surface area contributed by atoms with E-state index in [0.717, 1.165) is 0 Å². The second kappa shape index (κ2) is 6.40.